The molecule has 1 aromatic heterocycles. The van der Waals surface area contributed by atoms with Crippen molar-refractivity contribution in [3.8, 4) is 0 Å². The lowest BCUT2D eigenvalue weighted by Gasteiger charge is -2.25. The minimum absolute atomic E-state index is 0.0771. The number of hydrogen-bond acceptors (Lipinski definition) is 3. The van der Waals surface area contributed by atoms with Gasteiger partial charge in [0.1, 0.15) is 0 Å². The molecule has 3 rings (SSSR count). The maximum atomic E-state index is 13.6. The average Bonchev–Trinajstić information content (AvgIpc) is 3.13. The zero-order chi connectivity index (χ0) is 13.2. The van der Waals surface area contributed by atoms with Gasteiger partial charge in [0.2, 0.25) is 5.95 Å². The largest absolute Gasteiger partial charge is 0.381 e. The smallest absolute Gasteiger partial charge is 0.258 e. The second-order valence-corrected chi connectivity index (χ2v) is 5.26. The summed E-state index contributed by atoms with van der Waals surface area (Å²) in [5.74, 6) is -0.537. The van der Waals surface area contributed by atoms with Crippen molar-refractivity contribution in [2.45, 2.75) is 25.3 Å². The van der Waals surface area contributed by atoms with Gasteiger partial charge in [-0.1, -0.05) is 0 Å². The number of carbonyl (C=O) groups is 1. The van der Waals surface area contributed by atoms with Crippen LogP contribution in [-0.2, 0) is 4.74 Å². The lowest BCUT2D eigenvalue weighted by molar-refractivity contribution is 0.0700. The van der Waals surface area contributed by atoms with Crippen LogP contribution in [0.3, 0.4) is 0 Å². The molecule has 2 fully saturated rings. The van der Waals surface area contributed by atoms with Gasteiger partial charge in [-0.25, -0.2) is 4.98 Å². The Morgan fingerprint density at radius 1 is 1.47 bits per heavy atom. The first-order valence-electron chi connectivity index (χ1n) is 6.75. The van der Waals surface area contributed by atoms with E-state index in [9.17, 15) is 9.18 Å². The van der Waals surface area contributed by atoms with Crippen molar-refractivity contribution in [1.82, 2.24) is 9.88 Å². The van der Waals surface area contributed by atoms with Crippen LogP contribution in [0.1, 0.15) is 29.6 Å². The third kappa shape index (κ3) is 2.76. The Hall–Kier alpha value is -1.49. The van der Waals surface area contributed by atoms with Crippen LogP contribution in [0.5, 0.6) is 0 Å². The lowest BCUT2D eigenvalue weighted by Crippen LogP contribution is -2.38. The zero-order valence-corrected chi connectivity index (χ0v) is 10.7. The summed E-state index contributed by atoms with van der Waals surface area (Å²) in [5, 5.41) is 0. The topological polar surface area (TPSA) is 42.4 Å². The molecule has 1 saturated carbocycles. The van der Waals surface area contributed by atoms with E-state index < -0.39 is 5.95 Å². The molecule has 19 heavy (non-hydrogen) atoms. The molecule has 1 amide bonds. The summed E-state index contributed by atoms with van der Waals surface area (Å²) in [6.45, 7) is 2.13. The fourth-order valence-electron chi connectivity index (χ4n) is 2.49. The number of rotatable bonds is 4. The molecule has 0 spiro atoms. The summed E-state index contributed by atoms with van der Waals surface area (Å²) in [6, 6.07) is 3.37. The molecule has 1 atom stereocenters. The predicted molar refractivity (Wildman–Crippen MR) is 67.2 cm³/mol. The molecule has 1 unspecified atom stereocenters. The molecular formula is C14H17FN2O2. The SMILES string of the molecule is O=C(c1cccnc1F)N(CC1CCOC1)C1CC1. The standard InChI is InChI=1S/C14H17FN2O2/c15-13-12(2-1-6-16-13)14(18)17(11-3-4-11)8-10-5-7-19-9-10/h1-2,6,10-11H,3-5,7-9H2. The van der Waals surface area contributed by atoms with E-state index in [1.165, 1.54) is 12.3 Å². The van der Waals surface area contributed by atoms with E-state index in [4.69, 9.17) is 4.74 Å². The van der Waals surface area contributed by atoms with Crippen molar-refractivity contribution >= 4 is 5.91 Å². The van der Waals surface area contributed by atoms with Crippen molar-refractivity contribution in [3.63, 3.8) is 0 Å². The van der Waals surface area contributed by atoms with Gasteiger partial charge in [0.25, 0.3) is 5.91 Å². The number of hydrogen-bond donors (Lipinski definition) is 0. The van der Waals surface area contributed by atoms with Crippen LogP contribution in [0.25, 0.3) is 0 Å². The molecule has 0 bridgehead atoms. The van der Waals surface area contributed by atoms with Gasteiger partial charge in [0, 0.05) is 31.3 Å². The Morgan fingerprint density at radius 3 is 2.95 bits per heavy atom. The number of aromatic nitrogens is 1. The summed E-state index contributed by atoms with van der Waals surface area (Å²) in [6.07, 6.45) is 4.37. The highest BCUT2D eigenvalue weighted by Crippen LogP contribution is 2.30. The van der Waals surface area contributed by atoms with Gasteiger partial charge in [-0.3, -0.25) is 4.79 Å². The first-order chi connectivity index (χ1) is 9.25. The minimum atomic E-state index is -0.680. The van der Waals surface area contributed by atoms with Crippen LogP contribution in [0.2, 0.25) is 0 Å². The molecule has 5 heteroatoms. The number of pyridine rings is 1. The fraction of sp³-hybridized carbons (Fsp3) is 0.571. The number of amides is 1. The van der Waals surface area contributed by atoms with Crippen molar-refractivity contribution in [2.24, 2.45) is 5.92 Å². The summed E-state index contributed by atoms with van der Waals surface area (Å²) in [7, 11) is 0. The van der Waals surface area contributed by atoms with Gasteiger partial charge in [-0.2, -0.15) is 4.39 Å². The number of nitrogens with zero attached hydrogens (tertiary/aromatic N) is 2. The van der Waals surface area contributed by atoms with Crippen LogP contribution in [-0.4, -0.2) is 41.6 Å². The van der Waals surface area contributed by atoms with Crippen molar-refractivity contribution in [2.75, 3.05) is 19.8 Å². The molecular weight excluding hydrogens is 247 g/mol. The monoisotopic (exact) mass is 264 g/mol. The number of ether oxygens (including phenoxy) is 1. The maximum absolute atomic E-state index is 13.6. The molecule has 102 valence electrons. The highest BCUT2D eigenvalue weighted by atomic mass is 19.1. The Labute approximate surface area is 111 Å². The van der Waals surface area contributed by atoms with Crippen LogP contribution >= 0.6 is 0 Å². The highest BCUT2D eigenvalue weighted by Gasteiger charge is 2.36. The number of halogens is 1. The minimum Gasteiger partial charge on any atom is -0.381 e. The average molecular weight is 264 g/mol. The normalized spacial score (nSPS) is 22.5. The van der Waals surface area contributed by atoms with E-state index in [2.05, 4.69) is 4.98 Å². The van der Waals surface area contributed by atoms with Crippen LogP contribution in [0.4, 0.5) is 4.39 Å². The Kier molecular flexibility index (Phi) is 3.46. The first-order valence-corrected chi connectivity index (χ1v) is 6.75. The van der Waals surface area contributed by atoms with Gasteiger partial charge < -0.3 is 9.64 Å². The molecule has 1 aliphatic carbocycles. The van der Waals surface area contributed by atoms with Crippen LogP contribution in [0, 0.1) is 11.9 Å². The molecule has 0 N–H and O–H groups in total. The third-order valence-corrected chi connectivity index (χ3v) is 3.72. The van der Waals surface area contributed by atoms with E-state index in [1.54, 1.807) is 11.0 Å². The lowest BCUT2D eigenvalue weighted by atomic mass is 10.1. The second kappa shape index (κ2) is 5.25. The van der Waals surface area contributed by atoms with E-state index in [0.717, 1.165) is 25.9 Å². The van der Waals surface area contributed by atoms with E-state index in [1.807, 2.05) is 0 Å². The molecule has 1 aliphatic heterocycles. The zero-order valence-electron chi connectivity index (χ0n) is 10.7. The molecule has 1 aromatic rings. The van der Waals surface area contributed by atoms with E-state index in [-0.39, 0.29) is 17.5 Å². The quantitative estimate of drug-likeness (QED) is 0.780. The molecule has 4 nitrogen and oxygen atoms in total. The summed E-state index contributed by atoms with van der Waals surface area (Å²) >= 11 is 0. The summed E-state index contributed by atoms with van der Waals surface area (Å²) in [5.41, 5.74) is 0.0771. The fourth-order valence-corrected chi connectivity index (χ4v) is 2.49. The van der Waals surface area contributed by atoms with Crippen LogP contribution in [0.15, 0.2) is 18.3 Å². The van der Waals surface area contributed by atoms with Gasteiger partial charge in [0.05, 0.1) is 12.2 Å². The van der Waals surface area contributed by atoms with Crippen molar-refractivity contribution in [1.29, 1.82) is 0 Å². The van der Waals surface area contributed by atoms with Crippen molar-refractivity contribution in [3.05, 3.63) is 29.8 Å². The predicted octanol–water partition coefficient (Wildman–Crippen LogP) is 1.86. The van der Waals surface area contributed by atoms with E-state index in [0.29, 0.717) is 19.1 Å². The molecule has 0 radical (unpaired) electrons. The summed E-state index contributed by atoms with van der Waals surface area (Å²) < 4.78 is 19.0. The first kappa shape index (κ1) is 12.5. The van der Waals surface area contributed by atoms with Gasteiger partial charge in [0.15, 0.2) is 0 Å². The molecule has 2 heterocycles. The van der Waals surface area contributed by atoms with Gasteiger partial charge in [-0.05, 0) is 31.4 Å². The molecule has 2 aliphatic rings. The third-order valence-electron chi connectivity index (χ3n) is 3.72. The Morgan fingerprint density at radius 2 is 2.32 bits per heavy atom. The van der Waals surface area contributed by atoms with E-state index >= 15 is 0 Å². The maximum Gasteiger partial charge on any atom is 0.258 e. The Bertz CT molecular complexity index is 470. The summed E-state index contributed by atoms with van der Waals surface area (Å²) in [4.78, 5) is 17.8. The van der Waals surface area contributed by atoms with Gasteiger partial charge in [-0.15, -0.1) is 0 Å². The Balaban J connectivity index is 1.76. The number of carbonyl (C=O) groups excluding carboxylic acids is 1. The second-order valence-electron chi connectivity index (χ2n) is 5.26. The van der Waals surface area contributed by atoms with Crippen LogP contribution < -0.4 is 0 Å². The highest BCUT2D eigenvalue weighted by molar-refractivity contribution is 5.94. The van der Waals surface area contributed by atoms with Crippen molar-refractivity contribution < 1.29 is 13.9 Å². The van der Waals surface area contributed by atoms with Gasteiger partial charge >= 0.3 is 0 Å². The molecule has 0 aromatic carbocycles. The molecule has 1 saturated heterocycles.